The van der Waals surface area contributed by atoms with Gasteiger partial charge in [-0.25, -0.2) is 8.42 Å². The summed E-state index contributed by atoms with van der Waals surface area (Å²) in [5.74, 6) is -0.0195. The van der Waals surface area contributed by atoms with Gasteiger partial charge in [0.05, 0.1) is 10.5 Å². The summed E-state index contributed by atoms with van der Waals surface area (Å²) in [6.07, 6.45) is 1.90. The van der Waals surface area contributed by atoms with E-state index in [0.717, 1.165) is 23.3 Å². The minimum atomic E-state index is -3.55. The highest BCUT2D eigenvalue weighted by atomic mass is 32.2. The third kappa shape index (κ3) is 3.97. The minimum Gasteiger partial charge on any atom is -0.312 e. The zero-order chi connectivity index (χ0) is 20.5. The third-order valence-corrected chi connectivity index (χ3v) is 8.10. The van der Waals surface area contributed by atoms with Crippen molar-refractivity contribution in [1.82, 2.24) is 4.31 Å². The lowest BCUT2D eigenvalue weighted by Gasteiger charge is -2.30. The van der Waals surface area contributed by atoms with E-state index in [0.29, 0.717) is 35.1 Å². The number of nitrogens with one attached hydrogen (secondary N) is 1. The van der Waals surface area contributed by atoms with Crippen molar-refractivity contribution in [2.24, 2.45) is 5.92 Å². The molecule has 1 aromatic carbocycles. The molecule has 0 aliphatic carbocycles. The molecule has 1 saturated heterocycles. The average Bonchev–Trinajstić information content (AvgIpc) is 2.94. The highest BCUT2D eigenvalue weighted by Crippen LogP contribution is 2.32. The molecule has 28 heavy (non-hydrogen) atoms. The van der Waals surface area contributed by atoms with Crippen molar-refractivity contribution < 1.29 is 13.2 Å². The number of piperidine rings is 1. The molecule has 1 aliphatic rings. The third-order valence-electron chi connectivity index (χ3n) is 5.10. The topological polar surface area (TPSA) is 90.3 Å². The van der Waals surface area contributed by atoms with Gasteiger partial charge in [-0.05, 0) is 62.4 Å². The number of benzene rings is 1. The molecule has 0 saturated carbocycles. The van der Waals surface area contributed by atoms with Crippen molar-refractivity contribution in [3.63, 3.8) is 0 Å². The van der Waals surface area contributed by atoms with Crippen LogP contribution in [0, 0.1) is 31.1 Å². The largest absolute Gasteiger partial charge is 0.312 e. The molecule has 2 heterocycles. The average molecular weight is 418 g/mol. The Balaban J connectivity index is 1.78. The highest BCUT2D eigenvalue weighted by molar-refractivity contribution is 7.89. The van der Waals surface area contributed by atoms with Crippen molar-refractivity contribution >= 4 is 32.3 Å². The van der Waals surface area contributed by atoms with E-state index in [2.05, 4.69) is 18.3 Å². The first-order valence-corrected chi connectivity index (χ1v) is 11.4. The molecule has 0 spiro atoms. The molecule has 148 valence electrons. The monoisotopic (exact) mass is 417 g/mol. The molecule has 8 heteroatoms. The van der Waals surface area contributed by atoms with E-state index in [-0.39, 0.29) is 10.8 Å². The van der Waals surface area contributed by atoms with Gasteiger partial charge in [-0.15, -0.1) is 11.3 Å². The van der Waals surface area contributed by atoms with Crippen LogP contribution >= 0.6 is 11.3 Å². The number of sulfonamides is 1. The number of amides is 1. The molecular formula is C20H23N3O3S2. The molecule has 2 aromatic rings. The van der Waals surface area contributed by atoms with E-state index in [1.165, 1.54) is 39.9 Å². The molecule has 0 radical (unpaired) electrons. The normalized spacial score (nSPS) is 17.9. The fourth-order valence-electron chi connectivity index (χ4n) is 3.32. The second-order valence-corrected chi connectivity index (χ2v) is 10.4. The number of nitrogens with zero attached hydrogens (tertiary/aromatic N) is 2. The summed E-state index contributed by atoms with van der Waals surface area (Å²) in [5, 5.41) is 12.6. The summed E-state index contributed by atoms with van der Waals surface area (Å²) in [4.78, 5) is 13.7. The van der Waals surface area contributed by atoms with Gasteiger partial charge in [-0.3, -0.25) is 4.79 Å². The van der Waals surface area contributed by atoms with E-state index in [1.807, 2.05) is 13.8 Å². The second kappa shape index (κ2) is 8.03. The van der Waals surface area contributed by atoms with Crippen molar-refractivity contribution in [2.75, 3.05) is 18.4 Å². The number of carbonyl (C=O) groups excluding carboxylic acids is 1. The number of hydrogen-bond acceptors (Lipinski definition) is 5. The summed E-state index contributed by atoms with van der Waals surface area (Å²) in [5.41, 5.74) is 1.67. The quantitative estimate of drug-likeness (QED) is 0.817. The van der Waals surface area contributed by atoms with Crippen molar-refractivity contribution in [3.05, 3.63) is 45.8 Å². The minimum absolute atomic E-state index is 0.193. The van der Waals surface area contributed by atoms with Gasteiger partial charge < -0.3 is 5.32 Å². The van der Waals surface area contributed by atoms with Crippen LogP contribution in [-0.4, -0.2) is 31.7 Å². The SMILES string of the molecule is Cc1sc(NC(=O)c2ccc(S(=O)(=O)N3CCCC(C)C3)cc2)c(C#N)c1C. The van der Waals surface area contributed by atoms with Gasteiger partial charge in [0.15, 0.2) is 0 Å². The molecule has 3 rings (SSSR count). The Labute approximate surface area is 169 Å². The highest BCUT2D eigenvalue weighted by Gasteiger charge is 2.28. The van der Waals surface area contributed by atoms with Gasteiger partial charge in [-0.1, -0.05) is 6.92 Å². The Hall–Kier alpha value is -2.21. The van der Waals surface area contributed by atoms with Gasteiger partial charge in [0.2, 0.25) is 10.0 Å². The Bertz CT molecular complexity index is 1030. The Morgan fingerprint density at radius 1 is 1.29 bits per heavy atom. The van der Waals surface area contributed by atoms with Crippen LogP contribution in [0.5, 0.6) is 0 Å². The van der Waals surface area contributed by atoms with Crippen molar-refractivity contribution in [3.8, 4) is 6.07 Å². The molecule has 0 bridgehead atoms. The molecule has 1 N–H and O–H groups in total. The lowest BCUT2D eigenvalue weighted by molar-refractivity contribution is 0.102. The maximum atomic E-state index is 12.8. The van der Waals surface area contributed by atoms with Crippen molar-refractivity contribution in [2.45, 2.75) is 38.5 Å². The molecule has 1 amide bonds. The maximum Gasteiger partial charge on any atom is 0.256 e. The molecule has 1 fully saturated rings. The standard InChI is InChI=1S/C20H23N3O3S2/c1-13-5-4-10-23(12-13)28(25,26)17-8-6-16(7-9-17)19(24)22-20-18(11-21)14(2)15(3)27-20/h6-9,13H,4-5,10,12H2,1-3H3,(H,22,24). The fourth-order valence-corrected chi connectivity index (χ4v) is 5.92. The van der Waals surface area contributed by atoms with Crippen LogP contribution in [0.3, 0.4) is 0 Å². The summed E-state index contributed by atoms with van der Waals surface area (Å²) >= 11 is 1.36. The van der Waals surface area contributed by atoms with Crippen LogP contribution < -0.4 is 5.32 Å². The lowest BCUT2D eigenvalue weighted by atomic mass is 10.0. The van der Waals surface area contributed by atoms with Gasteiger partial charge in [-0.2, -0.15) is 9.57 Å². The second-order valence-electron chi connectivity index (χ2n) is 7.19. The van der Waals surface area contributed by atoms with Crippen LogP contribution in [0.1, 0.15) is 46.1 Å². The summed E-state index contributed by atoms with van der Waals surface area (Å²) in [6.45, 7) is 6.86. The van der Waals surface area contributed by atoms with Gasteiger partial charge >= 0.3 is 0 Å². The number of anilines is 1. The van der Waals surface area contributed by atoms with Gasteiger partial charge in [0, 0.05) is 23.5 Å². The van der Waals surface area contributed by atoms with Crippen LogP contribution in [0.2, 0.25) is 0 Å². The van der Waals surface area contributed by atoms with E-state index in [1.54, 1.807) is 0 Å². The number of thiophene rings is 1. The Morgan fingerprint density at radius 2 is 1.96 bits per heavy atom. The van der Waals surface area contributed by atoms with Crippen LogP contribution in [0.15, 0.2) is 29.2 Å². The molecule has 1 unspecified atom stereocenters. The lowest BCUT2D eigenvalue weighted by Crippen LogP contribution is -2.39. The Kier molecular flexibility index (Phi) is 5.89. The smallest absolute Gasteiger partial charge is 0.256 e. The van der Waals surface area contributed by atoms with E-state index >= 15 is 0 Å². The molecule has 1 aromatic heterocycles. The molecule has 6 nitrogen and oxygen atoms in total. The molecule has 1 aliphatic heterocycles. The van der Waals surface area contributed by atoms with E-state index < -0.39 is 10.0 Å². The van der Waals surface area contributed by atoms with E-state index in [9.17, 15) is 18.5 Å². The zero-order valence-corrected chi connectivity index (χ0v) is 17.8. The Morgan fingerprint density at radius 3 is 2.57 bits per heavy atom. The first kappa shape index (κ1) is 20.5. The number of nitriles is 1. The predicted molar refractivity (Wildman–Crippen MR) is 110 cm³/mol. The number of hydrogen-bond donors (Lipinski definition) is 1. The number of aryl methyl sites for hydroxylation is 1. The summed E-state index contributed by atoms with van der Waals surface area (Å²) in [7, 11) is -3.55. The van der Waals surface area contributed by atoms with Gasteiger partial charge in [0.1, 0.15) is 11.1 Å². The fraction of sp³-hybridized carbons (Fsp3) is 0.400. The van der Waals surface area contributed by atoms with Crippen LogP contribution in [-0.2, 0) is 10.0 Å². The first-order chi connectivity index (χ1) is 13.2. The van der Waals surface area contributed by atoms with E-state index in [4.69, 9.17) is 0 Å². The first-order valence-electron chi connectivity index (χ1n) is 9.15. The molecular weight excluding hydrogens is 394 g/mol. The number of carbonyl (C=O) groups is 1. The predicted octanol–water partition coefficient (Wildman–Crippen LogP) is 3.91. The van der Waals surface area contributed by atoms with Crippen LogP contribution in [0.25, 0.3) is 0 Å². The van der Waals surface area contributed by atoms with Crippen molar-refractivity contribution in [1.29, 1.82) is 5.26 Å². The van der Waals surface area contributed by atoms with Crippen LogP contribution in [0.4, 0.5) is 5.00 Å². The summed E-state index contributed by atoms with van der Waals surface area (Å²) < 4.78 is 27.2. The number of rotatable bonds is 4. The zero-order valence-electron chi connectivity index (χ0n) is 16.2. The molecule has 1 atom stereocenters. The maximum absolute atomic E-state index is 12.8. The van der Waals surface area contributed by atoms with Gasteiger partial charge in [0.25, 0.3) is 5.91 Å². The summed E-state index contributed by atoms with van der Waals surface area (Å²) in [6, 6.07) is 8.08.